The fourth-order valence-corrected chi connectivity index (χ4v) is 8.78. The van der Waals surface area contributed by atoms with Gasteiger partial charge < -0.3 is 48.3 Å². The van der Waals surface area contributed by atoms with Gasteiger partial charge in [0.05, 0.1) is 41.7 Å². The van der Waals surface area contributed by atoms with E-state index in [4.69, 9.17) is 9.47 Å². The van der Waals surface area contributed by atoms with Crippen molar-refractivity contribution in [2.24, 2.45) is 0 Å². The number of hydrogen-bond donors (Lipinski definition) is 0. The van der Waals surface area contributed by atoms with Crippen molar-refractivity contribution >= 4 is 11.9 Å². The number of rotatable bonds is 34. The van der Waals surface area contributed by atoms with Crippen LogP contribution >= 0.6 is 0 Å². The summed E-state index contributed by atoms with van der Waals surface area (Å²) in [5.74, 6) is -1.33. The maximum atomic E-state index is 15.0. The van der Waals surface area contributed by atoms with E-state index in [9.17, 15) is 9.59 Å². The lowest BCUT2D eigenvalue weighted by molar-refractivity contribution is -0.694. The van der Waals surface area contributed by atoms with E-state index in [0.29, 0.717) is 44.0 Å². The van der Waals surface area contributed by atoms with Gasteiger partial charge in [0.25, 0.3) is 0 Å². The summed E-state index contributed by atoms with van der Waals surface area (Å²) in [5.41, 5.74) is 3.75. The number of allylic oxidation sites excluding steroid dienone is 2. The molecule has 2 aromatic heterocycles. The Kier molecular flexibility index (Phi) is 31.9. The lowest BCUT2D eigenvalue weighted by Crippen LogP contribution is -3.00. The van der Waals surface area contributed by atoms with Gasteiger partial charge in [0.2, 0.25) is 0 Å². The number of hydrogen-bond acceptors (Lipinski definition) is 5. The second kappa shape index (κ2) is 35.9. The Morgan fingerprint density at radius 1 is 0.453 bits per heavy atom. The summed E-state index contributed by atoms with van der Waals surface area (Å²) in [6, 6.07) is 22.2. The van der Waals surface area contributed by atoms with Crippen molar-refractivity contribution in [2.45, 2.75) is 194 Å². The van der Waals surface area contributed by atoms with E-state index < -0.39 is 5.92 Å². The van der Waals surface area contributed by atoms with E-state index in [1.54, 1.807) is 0 Å². The topological polar surface area (TPSA) is 63.6 Å². The van der Waals surface area contributed by atoms with Gasteiger partial charge in [-0.1, -0.05) is 198 Å². The van der Waals surface area contributed by atoms with Crippen molar-refractivity contribution < 1.29 is 62.2 Å². The fraction of sp³-hybridized carbons (Fsp3) is 0.600. The van der Waals surface area contributed by atoms with Gasteiger partial charge in [-0.25, -0.2) is 9.59 Å². The highest BCUT2D eigenvalue weighted by Crippen LogP contribution is 2.44. The van der Waals surface area contributed by atoms with Gasteiger partial charge in [-0.2, -0.15) is 9.13 Å². The summed E-state index contributed by atoms with van der Waals surface area (Å²) in [7, 11) is 0. The van der Waals surface area contributed by atoms with E-state index in [1.165, 1.54) is 89.9 Å². The van der Waals surface area contributed by atoms with Crippen LogP contribution in [0.3, 0.4) is 0 Å². The smallest absolute Gasteiger partial charge is 0.337 e. The minimum Gasteiger partial charge on any atom is -1.00 e. The normalized spacial score (nSPS) is 12.8. The number of carbonyl (C=O) groups excluding carboxylic acids is 2. The Bertz CT molecular complexity index is 1620. The van der Waals surface area contributed by atoms with Crippen molar-refractivity contribution in [2.75, 3.05) is 19.8 Å². The molecule has 0 unspecified atom stereocenters. The summed E-state index contributed by atoms with van der Waals surface area (Å²) in [6.45, 7) is 9.08. The highest BCUT2D eigenvalue weighted by atomic mass is 79.9. The largest absolute Gasteiger partial charge is 1.00 e. The van der Waals surface area contributed by atoms with E-state index in [0.717, 1.165) is 81.2 Å². The number of esters is 2. The summed E-state index contributed by atoms with van der Waals surface area (Å²) in [6.07, 6.45) is 36.7. The molecule has 64 heavy (non-hydrogen) atoms. The lowest BCUT2D eigenvalue weighted by Gasteiger charge is -2.38. The summed E-state index contributed by atoms with van der Waals surface area (Å²) in [5, 5.41) is 0. The van der Waals surface area contributed by atoms with Crippen LogP contribution in [0.1, 0.15) is 186 Å². The molecule has 356 valence electrons. The van der Waals surface area contributed by atoms with E-state index in [1.807, 2.05) is 66.7 Å². The molecule has 0 saturated carbocycles. The molecule has 7 nitrogen and oxygen atoms in total. The SMILES string of the molecule is CCCCCCCCCCCCOC(=O)C1=C(C[n+]2ccccc2)N(CCCCCC)C(C[n+]2ccccc2)=C(C(=O)OCCCCCCCCCCCC)C1c1ccccc1.[Br-].[Br-]. The molecule has 0 radical (unpaired) electrons. The maximum absolute atomic E-state index is 15.0. The molecule has 9 heteroatoms. The summed E-state index contributed by atoms with van der Waals surface area (Å²) in [4.78, 5) is 32.2. The minimum absolute atomic E-state index is 0. The van der Waals surface area contributed by atoms with E-state index in [2.05, 4.69) is 59.6 Å². The maximum Gasteiger partial charge on any atom is 0.337 e. The molecule has 0 N–H and O–H groups in total. The molecule has 0 amide bonds. The molecule has 1 aliphatic rings. The molecule has 0 spiro atoms. The molecular weight excluding hydrogens is 926 g/mol. The third-order valence-corrected chi connectivity index (χ3v) is 12.3. The Morgan fingerprint density at radius 2 is 0.781 bits per heavy atom. The molecule has 4 rings (SSSR count). The minimum atomic E-state index is -0.651. The first kappa shape index (κ1) is 56.8. The zero-order valence-corrected chi connectivity index (χ0v) is 43.1. The van der Waals surface area contributed by atoms with Crippen molar-refractivity contribution in [3.63, 3.8) is 0 Å². The molecule has 0 fully saturated rings. The van der Waals surface area contributed by atoms with E-state index >= 15 is 0 Å². The highest BCUT2D eigenvalue weighted by Gasteiger charge is 2.45. The summed E-state index contributed by atoms with van der Waals surface area (Å²) >= 11 is 0. The molecule has 0 aliphatic carbocycles. The first-order chi connectivity index (χ1) is 30.6. The van der Waals surface area contributed by atoms with Gasteiger partial charge in [-0.05, 0) is 24.8 Å². The van der Waals surface area contributed by atoms with Crippen LogP contribution in [-0.4, -0.2) is 36.6 Å². The highest BCUT2D eigenvalue weighted by molar-refractivity contribution is 6.00. The third-order valence-electron chi connectivity index (χ3n) is 12.3. The number of ether oxygens (including phenoxy) is 2. The Labute approximate surface area is 410 Å². The molecule has 3 heterocycles. The average molecular weight is 1010 g/mol. The van der Waals surface area contributed by atoms with Crippen LogP contribution in [0.25, 0.3) is 0 Å². The van der Waals surface area contributed by atoms with Crippen LogP contribution in [0.15, 0.2) is 114 Å². The van der Waals surface area contributed by atoms with Crippen molar-refractivity contribution in [1.82, 2.24) is 4.90 Å². The zero-order valence-electron chi connectivity index (χ0n) is 40.0. The van der Waals surface area contributed by atoms with Gasteiger partial charge >= 0.3 is 11.9 Å². The second-order valence-electron chi connectivity index (χ2n) is 17.5. The predicted octanol–water partition coefficient (Wildman–Crippen LogP) is 7.09. The van der Waals surface area contributed by atoms with Crippen LogP contribution in [0.2, 0.25) is 0 Å². The number of aromatic nitrogens is 2. The molecule has 0 bridgehead atoms. The Balaban J connectivity index is 0.00000704. The van der Waals surface area contributed by atoms with Gasteiger partial charge in [0.1, 0.15) is 0 Å². The average Bonchev–Trinajstić information content (AvgIpc) is 3.30. The van der Waals surface area contributed by atoms with E-state index in [-0.39, 0.29) is 45.9 Å². The molecular formula is C55H83Br2N3O4. The molecule has 1 aromatic carbocycles. The van der Waals surface area contributed by atoms with Crippen LogP contribution < -0.4 is 43.1 Å². The van der Waals surface area contributed by atoms with Crippen LogP contribution in [0.4, 0.5) is 0 Å². The molecule has 1 aliphatic heterocycles. The van der Waals surface area contributed by atoms with Crippen molar-refractivity contribution in [1.29, 1.82) is 0 Å². The van der Waals surface area contributed by atoms with Crippen LogP contribution in [-0.2, 0) is 32.2 Å². The van der Waals surface area contributed by atoms with Gasteiger partial charge in [0, 0.05) is 30.8 Å². The first-order valence-corrected chi connectivity index (χ1v) is 25.1. The lowest BCUT2D eigenvalue weighted by atomic mass is 9.79. The fourth-order valence-electron chi connectivity index (χ4n) is 8.78. The second-order valence-corrected chi connectivity index (χ2v) is 17.5. The monoisotopic (exact) mass is 1010 g/mol. The number of carbonyl (C=O) groups is 2. The van der Waals surface area contributed by atoms with Gasteiger partial charge in [0.15, 0.2) is 37.9 Å². The van der Waals surface area contributed by atoms with Gasteiger partial charge in [-0.15, -0.1) is 0 Å². The van der Waals surface area contributed by atoms with Gasteiger partial charge in [-0.3, -0.25) is 0 Å². The number of halogens is 2. The van der Waals surface area contributed by atoms with Crippen LogP contribution in [0.5, 0.6) is 0 Å². The predicted molar refractivity (Wildman–Crippen MR) is 253 cm³/mol. The standard InChI is InChI=1S/C55H83N3O4.2BrH/c1-4-7-10-13-15-17-19-21-23-35-44-61-54(59)52-49(46-56-39-30-26-31-40-56)58(43-34-12-9-6-3)50(47-57-41-32-27-33-42-57)53(51(52)48-37-28-25-29-38-48)55(60)62-45-36-24-22-20-18-16-14-11-8-5-2;;/h25-33,37-42,51H,4-24,34-36,43-47H2,1-3H3;2*1H/q+2;;/p-2. The number of nitrogens with zero attached hydrogens (tertiary/aromatic N) is 3. The van der Waals surface area contributed by atoms with Crippen molar-refractivity contribution in [3.05, 3.63) is 120 Å². The van der Waals surface area contributed by atoms with Crippen molar-refractivity contribution in [3.8, 4) is 0 Å². The summed E-state index contributed by atoms with van der Waals surface area (Å²) < 4.78 is 16.9. The zero-order chi connectivity index (χ0) is 43.9. The van der Waals surface area contributed by atoms with Crippen LogP contribution in [0, 0.1) is 0 Å². The molecule has 0 atom stereocenters. The Hall–Kier alpha value is -3.30. The number of unbranched alkanes of at least 4 members (excludes halogenated alkanes) is 21. The quantitative estimate of drug-likeness (QED) is 0.0364. The number of benzene rings is 1. The first-order valence-electron chi connectivity index (χ1n) is 25.1. The molecule has 0 saturated heterocycles. The molecule has 3 aromatic rings. The third kappa shape index (κ3) is 20.9. The number of pyridine rings is 2. The Morgan fingerprint density at radius 3 is 1.16 bits per heavy atom.